The minimum Gasteiger partial charge on any atom is -0.502 e. The molecule has 0 spiro atoms. The number of aromatic hydroxyl groups is 1. The number of phenolic OH excluding ortho intramolecular Hbond substituents is 1. The number of halogens is 1. The molecule has 0 saturated carbocycles. The van der Waals surface area contributed by atoms with Crippen LogP contribution in [-0.4, -0.2) is 28.2 Å². The molecule has 0 bridgehead atoms. The van der Waals surface area contributed by atoms with Crippen molar-refractivity contribution < 1.29 is 14.8 Å². The smallest absolute Gasteiger partial charge is 0.312 e. The van der Waals surface area contributed by atoms with E-state index in [0.717, 1.165) is 23.5 Å². The van der Waals surface area contributed by atoms with E-state index in [4.69, 9.17) is 11.6 Å². The maximum Gasteiger partial charge on any atom is 0.312 e. The first-order valence-electron chi connectivity index (χ1n) is 7.61. The molecule has 0 aliphatic rings. The lowest BCUT2D eigenvalue weighted by molar-refractivity contribution is -0.385. The zero-order chi connectivity index (χ0) is 19.3. The fraction of sp³-hybridized carbons (Fsp3) is 0.176. The van der Waals surface area contributed by atoms with Crippen LogP contribution in [0.4, 0.5) is 11.4 Å². The van der Waals surface area contributed by atoms with Gasteiger partial charge in [-0.15, -0.1) is 0 Å². The normalized spacial score (nSPS) is 12.0. The Balaban J connectivity index is 2.05. The molecule has 0 radical (unpaired) electrons. The van der Waals surface area contributed by atoms with E-state index in [1.165, 1.54) is 6.07 Å². The summed E-state index contributed by atoms with van der Waals surface area (Å²) in [7, 11) is 0. The van der Waals surface area contributed by atoms with E-state index in [2.05, 4.69) is 15.8 Å². The Hall–Kier alpha value is -3.13. The van der Waals surface area contributed by atoms with Gasteiger partial charge in [0.05, 0.1) is 11.1 Å². The van der Waals surface area contributed by atoms with Crippen LogP contribution in [0.2, 0.25) is 5.02 Å². The highest BCUT2D eigenvalue weighted by Gasteiger charge is 2.18. The van der Waals surface area contributed by atoms with Gasteiger partial charge in [0.15, 0.2) is 0 Å². The van der Waals surface area contributed by atoms with Crippen LogP contribution in [0.3, 0.4) is 0 Å². The molecule has 0 aliphatic heterocycles. The molecule has 2 rings (SSSR count). The standard InChI is InChI=1S/C17H17ClN4O4/c1-10-5-3-4-6-14(10)20-11(2)17(24)21-19-9-12-7-13(18)8-15(16(12)23)22(25)26/h3-9,11,20,23H,1-2H3,(H,21,24)/b19-9+. The summed E-state index contributed by atoms with van der Waals surface area (Å²) < 4.78 is 0. The molecular weight excluding hydrogens is 360 g/mol. The number of amides is 1. The lowest BCUT2D eigenvalue weighted by Gasteiger charge is -2.15. The van der Waals surface area contributed by atoms with Gasteiger partial charge in [-0.3, -0.25) is 14.9 Å². The van der Waals surface area contributed by atoms with Crippen molar-refractivity contribution >= 4 is 35.1 Å². The molecule has 1 unspecified atom stereocenters. The Morgan fingerprint density at radius 2 is 2.08 bits per heavy atom. The second-order valence-corrected chi connectivity index (χ2v) is 5.97. The van der Waals surface area contributed by atoms with Crippen molar-refractivity contribution in [3.8, 4) is 5.75 Å². The predicted molar refractivity (Wildman–Crippen MR) is 99.8 cm³/mol. The van der Waals surface area contributed by atoms with Crippen LogP contribution < -0.4 is 10.7 Å². The van der Waals surface area contributed by atoms with Crippen molar-refractivity contribution in [2.75, 3.05) is 5.32 Å². The molecule has 0 heterocycles. The lowest BCUT2D eigenvalue weighted by atomic mass is 10.2. The molecule has 2 aromatic rings. The second-order valence-electron chi connectivity index (χ2n) is 5.54. The number of phenols is 1. The fourth-order valence-corrected chi connectivity index (χ4v) is 2.36. The van der Waals surface area contributed by atoms with Gasteiger partial charge in [0, 0.05) is 22.3 Å². The molecule has 26 heavy (non-hydrogen) atoms. The minimum atomic E-state index is -0.759. The van der Waals surface area contributed by atoms with Crippen LogP contribution in [0.15, 0.2) is 41.5 Å². The first-order valence-corrected chi connectivity index (χ1v) is 7.99. The van der Waals surface area contributed by atoms with E-state index < -0.39 is 28.3 Å². The third kappa shape index (κ3) is 4.70. The molecule has 0 aliphatic carbocycles. The Kier molecular flexibility index (Phi) is 6.13. The minimum absolute atomic E-state index is 0.0176. The third-order valence-electron chi connectivity index (χ3n) is 3.57. The van der Waals surface area contributed by atoms with Crippen LogP contribution in [-0.2, 0) is 4.79 Å². The van der Waals surface area contributed by atoms with Gasteiger partial charge in [-0.25, -0.2) is 5.43 Å². The molecule has 3 N–H and O–H groups in total. The number of nitrogens with one attached hydrogen (secondary N) is 2. The van der Waals surface area contributed by atoms with Crippen molar-refractivity contribution in [3.63, 3.8) is 0 Å². The van der Waals surface area contributed by atoms with Crippen LogP contribution in [0.25, 0.3) is 0 Å². The zero-order valence-electron chi connectivity index (χ0n) is 14.1. The molecular formula is C17H17ClN4O4. The van der Waals surface area contributed by atoms with Crippen molar-refractivity contribution in [2.24, 2.45) is 5.10 Å². The van der Waals surface area contributed by atoms with E-state index in [1.807, 2.05) is 31.2 Å². The number of carbonyl (C=O) groups is 1. The number of aryl methyl sites for hydroxylation is 1. The van der Waals surface area contributed by atoms with Crippen LogP contribution in [0.1, 0.15) is 18.1 Å². The number of benzene rings is 2. The molecule has 8 nitrogen and oxygen atoms in total. The van der Waals surface area contributed by atoms with Crippen molar-refractivity contribution in [1.82, 2.24) is 5.43 Å². The number of hydrogen-bond donors (Lipinski definition) is 3. The molecule has 9 heteroatoms. The summed E-state index contributed by atoms with van der Waals surface area (Å²) in [5.41, 5.74) is 3.60. The highest BCUT2D eigenvalue weighted by atomic mass is 35.5. The van der Waals surface area contributed by atoms with Crippen LogP contribution in [0, 0.1) is 17.0 Å². The maximum atomic E-state index is 12.1. The summed E-state index contributed by atoms with van der Waals surface area (Å²) in [6.45, 7) is 3.58. The molecule has 0 saturated heterocycles. The summed E-state index contributed by atoms with van der Waals surface area (Å²) in [6.07, 6.45) is 1.09. The molecule has 1 atom stereocenters. The number of nitro benzene ring substituents is 1. The summed E-state index contributed by atoms with van der Waals surface area (Å²) in [5.74, 6) is -0.996. The maximum absolute atomic E-state index is 12.1. The monoisotopic (exact) mass is 376 g/mol. The Morgan fingerprint density at radius 1 is 1.38 bits per heavy atom. The van der Waals surface area contributed by atoms with Gasteiger partial charge in [0.25, 0.3) is 5.91 Å². The predicted octanol–water partition coefficient (Wildman–Crippen LogP) is 3.21. The van der Waals surface area contributed by atoms with Gasteiger partial charge < -0.3 is 10.4 Å². The Labute approximate surface area is 154 Å². The summed E-state index contributed by atoms with van der Waals surface area (Å²) in [4.78, 5) is 22.2. The third-order valence-corrected chi connectivity index (χ3v) is 3.79. The van der Waals surface area contributed by atoms with E-state index in [9.17, 15) is 20.0 Å². The van der Waals surface area contributed by atoms with Gasteiger partial charge in [-0.2, -0.15) is 5.10 Å². The number of hydrazone groups is 1. The van der Waals surface area contributed by atoms with E-state index >= 15 is 0 Å². The summed E-state index contributed by atoms with van der Waals surface area (Å²) in [6, 6.07) is 9.27. The number of carbonyl (C=O) groups excluding carboxylic acids is 1. The number of anilines is 1. The molecule has 1 amide bonds. The van der Waals surface area contributed by atoms with Gasteiger partial charge in [-0.05, 0) is 31.5 Å². The SMILES string of the molecule is Cc1ccccc1NC(C)C(=O)N/N=C/c1cc(Cl)cc([N+](=O)[O-])c1O. The number of nitro groups is 1. The lowest BCUT2D eigenvalue weighted by Crippen LogP contribution is -2.35. The zero-order valence-corrected chi connectivity index (χ0v) is 14.8. The average molecular weight is 377 g/mol. The van der Waals surface area contributed by atoms with Crippen molar-refractivity contribution in [2.45, 2.75) is 19.9 Å². The molecule has 2 aromatic carbocycles. The van der Waals surface area contributed by atoms with Gasteiger partial charge in [-0.1, -0.05) is 29.8 Å². The van der Waals surface area contributed by atoms with Gasteiger partial charge in [0.2, 0.25) is 5.75 Å². The van der Waals surface area contributed by atoms with Gasteiger partial charge >= 0.3 is 5.69 Å². The quantitative estimate of drug-likeness (QED) is 0.406. The fourth-order valence-electron chi connectivity index (χ4n) is 2.14. The second kappa shape index (κ2) is 8.30. The number of rotatable bonds is 6. The number of nitrogens with zero attached hydrogens (tertiary/aromatic N) is 2. The number of hydrogen-bond acceptors (Lipinski definition) is 6. The van der Waals surface area contributed by atoms with E-state index in [1.54, 1.807) is 6.92 Å². The van der Waals surface area contributed by atoms with Crippen LogP contribution >= 0.6 is 11.6 Å². The molecule has 0 aromatic heterocycles. The van der Waals surface area contributed by atoms with Gasteiger partial charge in [0.1, 0.15) is 6.04 Å². The highest BCUT2D eigenvalue weighted by molar-refractivity contribution is 6.31. The van der Waals surface area contributed by atoms with E-state index in [0.29, 0.717) is 0 Å². The number of para-hydroxylation sites is 1. The molecule has 136 valence electrons. The largest absolute Gasteiger partial charge is 0.502 e. The van der Waals surface area contributed by atoms with Crippen molar-refractivity contribution in [1.29, 1.82) is 0 Å². The van der Waals surface area contributed by atoms with Crippen LogP contribution in [0.5, 0.6) is 5.75 Å². The Morgan fingerprint density at radius 3 is 2.73 bits per heavy atom. The van der Waals surface area contributed by atoms with E-state index in [-0.39, 0.29) is 10.6 Å². The first-order chi connectivity index (χ1) is 12.3. The highest BCUT2D eigenvalue weighted by Crippen LogP contribution is 2.32. The topological polar surface area (TPSA) is 117 Å². The Bertz CT molecular complexity index is 870. The summed E-state index contributed by atoms with van der Waals surface area (Å²) >= 11 is 5.79. The average Bonchev–Trinajstić information content (AvgIpc) is 2.59. The van der Waals surface area contributed by atoms with Crippen molar-refractivity contribution in [3.05, 3.63) is 62.7 Å². The first kappa shape index (κ1) is 19.2. The summed E-state index contributed by atoms with van der Waals surface area (Å²) in [5, 5.41) is 27.6. The molecule has 0 fully saturated rings.